The molecular weight excluding hydrogens is 202 g/mol. The van der Waals surface area contributed by atoms with Gasteiger partial charge in [-0.15, -0.1) is 0 Å². The van der Waals surface area contributed by atoms with E-state index in [0.29, 0.717) is 0 Å². The number of halogens is 2. The van der Waals surface area contributed by atoms with Gasteiger partial charge in [-0.3, -0.25) is 0 Å². The maximum Gasteiger partial charge on any atom is 0.333 e. The lowest BCUT2D eigenvalue weighted by molar-refractivity contribution is -0.140. The van der Waals surface area contributed by atoms with Gasteiger partial charge in [-0.25, -0.2) is 13.6 Å². The van der Waals surface area contributed by atoms with Crippen molar-refractivity contribution >= 4 is 5.97 Å². The first-order chi connectivity index (χ1) is 6.99. The van der Waals surface area contributed by atoms with Gasteiger partial charge in [0.2, 0.25) is 0 Å². The van der Waals surface area contributed by atoms with E-state index in [2.05, 4.69) is 6.58 Å². The molecule has 0 saturated heterocycles. The van der Waals surface area contributed by atoms with Crippen LogP contribution in [0.3, 0.4) is 0 Å². The maximum absolute atomic E-state index is 12.7. The highest BCUT2D eigenvalue weighted by molar-refractivity contribution is 5.86. The maximum atomic E-state index is 12.7. The molecule has 0 spiro atoms. The van der Waals surface area contributed by atoms with E-state index < -0.39 is 17.6 Å². The van der Waals surface area contributed by atoms with Gasteiger partial charge in [0.1, 0.15) is 18.2 Å². The van der Waals surface area contributed by atoms with Gasteiger partial charge in [-0.2, -0.15) is 0 Å². The highest BCUT2D eigenvalue weighted by Gasteiger charge is 2.05. The minimum Gasteiger partial charge on any atom is -0.457 e. The monoisotopic (exact) mass is 212 g/mol. The van der Waals surface area contributed by atoms with Crippen molar-refractivity contribution in [3.05, 3.63) is 47.5 Å². The number of benzene rings is 1. The van der Waals surface area contributed by atoms with Crippen molar-refractivity contribution in [2.45, 2.75) is 13.5 Å². The molecular formula is C11H10F2O2. The number of carbonyl (C=O) groups excluding carboxylic acids is 1. The fraction of sp³-hybridized carbons (Fsp3) is 0.182. The van der Waals surface area contributed by atoms with Crippen LogP contribution >= 0.6 is 0 Å². The Morgan fingerprint density at radius 1 is 1.33 bits per heavy atom. The van der Waals surface area contributed by atoms with Gasteiger partial charge in [0.15, 0.2) is 0 Å². The smallest absolute Gasteiger partial charge is 0.333 e. The zero-order valence-electron chi connectivity index (χ0n) is 8.22. The Labute approximate surface area is 86.2 Å². The number of ether oxygens (including phenoxy) is 1. The van der Waals surface area contributed by atoms with E-state index in [0.717, 1.165) is 18.2 Å². The summed E-state index contributed by atoms with van der Waals surface area (Å²) in [6, 6.07) is 2.97. The van der Waals surface area contributed by atoms with Gasteiger partial charge in [0, 0.05) is 11.6 Å². The summed E-state index contributed by atoms with van der Waals surface area (Å²) in [6.45, 7) is 4.71. The molecule has 0 aliphatic heterocycles. The molecule has 0 amide bonds. The predicted molar refractivity (Wildman–Crippen MR) is 51.0 cm³/mol. The second-order valence-corrected chi connectivity index (χ2v) is 3.13. The third-order valence-electron chi connectivity index (χ3n) is 1.64. The molecule has 0 atom stereocenters. The summed E-state index contributed by atoms with van der Waals surface area (Å²) >= 11 is 0. The second kappa shape index (κ2) is 4.68. The third kappa shape index (κ3) is 3.50. The zero-order valence-corrected chi connectivity index (χ0v) is 8.22. The summed E-state index contributed by atoms with van der Waals surface area (Å²) in [4.78, 5) is 11.0. The molecule has 1 aromatic carbocycles. The molecule has 0 radical (unpaired) electrons. The van der Waals surface area contributed by atoms with Gasteiger partial charge in [-0.05, 0) is 24.6 Å². The Hall–Kier alpha value is -1.71. The Morgan fingerprint density at radius 3 is 2.33 bits per heavy atom. The fourth-order valence-corrected chi connectivity index (χ4v) is 0.966. The van der Waals surface area contributed by atoms with Crippen LogP contribution in [0.25, 0.3) is 0 Å². The SMILES string of the molecule is C=C(C)C(=O)OCc1cc(F)cc(F)c1. The van der Waals surface area contributed by atoms with Crippen molar-refractivity contribution in [1.82, 2.24) is 0 Å². The zero-order chi connectivity index (χ0) is 11.4. The number of rotatable bonds is 3. The van der Waals surface area contributed by atoms with Crippen molar-refractivity contribution in [2.75, 3.05) is 0 Å². The van der Waals surface area contributed by atoms with Crippen LogP contribution in [0.15, 0.2) is 30.4 Å². The van der Waals surface area contributed by atoms with Crippen molar-refractivity contribution in [3.8, 4) is 0 Å². The lowest BCUT2D eigenvalue weighted by atomic mass is 10.2. The normalized spacial score (nSPS) is 9.80. The summed E-state index contributed by atoms with van der Waals surface area (Å²) in [5.41, 5.74) is 0.508. The average molecular weight is 212 g/mol. The van der Waals surface area contributed by atoms with Crippen LogP contribution in [0.4, 0.5) is 8.78 Å². The van der Waals surface area contributed by atoms with Gasteiger partial charge < -0.3 is 4.74 Å². The Bertz CT molecular complexity index is 379. The molecule has 80 valence electrons. The van der Waals surface area contributed by atoms with E-state index in [1.165, 1.54) is 6.92 Å². The highest BCUT2D eigenvalue weighted by Crippen LogP contribution is 2.09. The number of esters is 1. The first-order valence-corrected chi connectivity index (χ1v) is 4.26. The molecule has 0 aliphatic rings. The molecule has 2 nitrogen and oxygen atoms in total. The molecule has 0 bridgehead atoms. The van der Waals surface area contributed by atoms with E-state index in [9.17, 15) is 13.6 Å². The largest absolute Gasteiger partial charge is 0.457 e. The number of hydrogen-bond acceptors (Lipinski definition) is 2. The van der Waals surface area contributed by atoms with E-state index in [1.54, 1.807) is 0 Å². The molecule has 0 aromatic heterocycles. The fourth-order valence-electron chi connectivity index (χ4n) is 0.966. The average Bonchev–Trinajstić information content (AvgIpc) is 2.12. The molecule has 0 saturated carbocycles. The molecule has 1 aromatic rings. The van der Waals surface area contributed by atoms with Gasteiger partial charge in [0.25, 0.3) is 0 Å². The van der Waals surface area contributed by atoms with Crippen molar-refractivity contribution in [1.29, 1.82) is 0 Å². The Balaban J connectivity index is 2.65. The molecule has 4 heteroatoms. The van der Waals surface area contributed by atoms with Crippen LogP contribution in [-0.4, -0.2) is 5.97 Å². The Morgan fingerprint density at radius 2 is 1.87 bits per heavy atom. The van der Waals surface area contributed by atoms with E-state index in [1.807, 2.05) is 0 Å². The lowest BCUT2D eigenvalue weighted by Crippen LogP contribution is -2.05. The van der Waals surface area contributed by atoms with Crippen LogP contribution in [0, 0.1) is 11.6 Å². The van der Waals surface area contributed by atoms with Crippen LogP contribution < -0.4 is 0 Å². The summed E-state index contributed by atoms with van der Waals surface area (Å²) in [6.07, 6.45) is 0. The summed E-state index contributed by atoms with van der Waals surface area (Å²) in [5, 5.41) is 0. The molecule has 0 heterocycles. The van der Waals surface area contributed by atoms with Crippen LogP contribution in [0.2, 0.25) is 0 Å². The first-order valence-electron chi connectivity index (χ1n) is 4.26. The van der Waals surface area contributed by atoms with E-state index in [-0.39, 0.29) is 17.7 Å². The molecule has 1 rings (SSSR count). The third-order valence-corrected chi connectivity index (χ3v) is 1.64. The first kappa shape index (κ1) is 11.4. The van der Waals surface area contributed by atoms with E-state index >= 15 is 0 Å². The van der Waals surface area contributed by atoms with Crippen molar-refractivity contribution in [3.63, 3.8) is 0 Å². The predicted octanol–water partition coefficient (Wildman–Crippen LogP) is 2.58. The molecule has 0 unspecified atom stereocenters. The quantitative estimate of drug-likeness (QED) is 0.568. The minimum absolute atomic E-state index is 0.166. The summed E-state index contributed by atoms with van der Waals surface area (Å²) in [7, 11) is 0. The molecule has 15 heavy (non-hydrogen) atoms. The number of hydrogen-bond donors (Lipinski definition) is 0. The number of carbonyl (C=O) groups is 1. The van der Waals surface area contributed by atoms with Crippen LogP contribution in [0.5, 0.6) is 0 Å². The minimum atomic E-state index is -0.698. The standard InChI is InChI=1S/C11H10F2O2/c1-7(2)11(14)15-6-8-3-9(12)5-10(13)4-8/h3-5H,1,6H2,2H3. The van der Waals surface area contributed by atoms with Crippen molar-refractivity contribution in [2.24, 2.45) is 0 Å². The molecule has 0 N–H and O–H groups in total. The van der Waals surface area contributed by atoms with Gasteiger partial charge in [-0.1, -0.05) is 6.58 Å². The van der Waals surface area contributed by atoms with Crippen LogP contribution in [0.1, 0.15) is 12.5 Å². The Kier molecular flexibility index (Phi) is 3.55. The molecule has 0 fully saturated rings. The second-order valence-electron chi connectivity index (χ2n) is 3.13. The van der Waals surface area contributed by atoms with Crippen LogP contribution in [-0.2, 0) is 16.1 Å². The lowest BCUT2D eigenvalue weighted by Gasteiger charge is -2.04. The summed E-state index contributed by atoms with van der Waals surface area (Å²) in [5.74, 6) is -1.98. The summed E-state index contributed by atoms with van der Waals surface area (Å²) < 4.78 is 30.2. The van der Waals surface area contributed by atoms with Gasteiger partial charge in [0.05, 0.1) is 0 Å². The van der Waals surface area contributed by atoms with E-state index in [4.69, 9.17) is 4.74 Å². The van der Waals surface area contributed by atoms with Gasteiger partial charge >= 0.3 is 5.97 Å². The molecule has 0 aliphatic carbocycles. The topological polar surface area (TPSA) is 26.3 Å². The van der Waals surface area contributed by atoms with Crippen molar-refractivity contribution < 1.29 is 18.3 Å². The highest BCUT2D eigenvalue weighted by atomic mass is 19.1.